The maximum absolute atomic E-state index is 12.9. The van der Waals surface area contributed by atoms with E-state index in [-0.39, 0.29) is 29.6 Å². The molecule has 1 amide bonds. The van der Waals surface area contributed by atoms with Crippen LogP contribution >= 0.6 is 0 Å². The number of hydrogen-bond acceptors (Lipinski definition) is 4. The average molecular weight is 350 g/mol. The lowest BCUT2D eigenvalue weighted by atomic mass is 9.83. The highest BCUT2D eigenvalue weighted by Gasteiger charge is 2.31. The molecule has 0 atom stereocenters. The molecule has 0 aromatic heterocycles. The van der Waals surface area contributed by atoms with Crippen molar-refractivity contribution in [3.05, 3.63) is 64.7 Å². The van der Waals surface area contributed by atoms with Crippen molar-refractivity contribution >= 4 is 23.2 Å². The van der Waals surface area contributed by atoms with E-state index < -0.39 is 0 Å². The number of benzene rings is 2. The standard InChI is InChI=1S/C21H22N2O3/c1-3-4-12-23(2)13-18(24)22-17-11-7-10-16-19(17)21(26)15-9-6-5-8-14(15)20(16)25/h5-11H,3-4,12-13H2,1-2H3,(H,22,24). The molecule has 0 saturated carbocycles. The number of carbonyl (C=O) groups excluding carboxylic acids is 3. The third-order valence-corrected chi connectivity index (χ3v) is 4.53. The molecule has 1 aliphatic carbocycles. The summed E-state index contributed by atoms with van der Waals surface area (Å²) < 4.78 is 0. The van der Waals surface area contributed by atoms with E-state index in [1.807, 2.05) is 11.9 Å². The van der Waals surface area contributed by atoms with Gasteiger partial charge in [-0.2, -0.15) is 0 Å². The molecule has 0 aliphatic heterocycles. The summed E-state index contributed by atoms with van der Waals surface area (Å²) in [5.74, 6) is -0.618. The van der Waals surface area contributed by atoms with Crippen molar-refractivity contribution in [2.24, 2.45) is 0 Å². The first-order valence-corrected chi connectivity index (χ1v) is 8.82. The topological polar surface area (TPSA) is 66.5 Å². The number of unbranched alkanes of at least 4 members (excludes halogenated alkanes) is 1. The summed E-state index contributed by atoms with van der Waals surface area (Å²) in [6.07, 6.45) is 2.09. The average Bonchev–Trinajstić information content (AvgIpc) is 2.64. The summed E-state index contributed by atoms with van der Waals surface area (Å²) in [5, 5.41) is 2.81. The Balaban J connectivity index is 1.86. The molecule has 5 nitrogen and oxygen atoms in total. The van der Waals surface area contributed by atoms with E-state index in [1.54, 1.807) is 42.5 Å². The van der Waals surface area contributed by atoms with Gasteiger partial charge in [0.1, 0.15) is 0 Å². The maximum Gasteiger partial charge on any atom is 0.238 e. The zero-order valence-electron chi connectivity index (χ0n) is 15.0. The summed E-state index contributed by atoms with van der Waals surface area (Å²) in [5.41, 5.74) is 1.80. The van der Waals surface area contributed by atoms with Gasteiger partial charge in [-0.05, 0) is 26.1 Å². The van der Waals surface area contributed by atoms with Crippen molar-refractivity contribution in [1.29, 1.82) is 0 Å². The minimum Gasteiger partial charge on any atom is -0.324 e. The normalized spacial score (nSPS) is 12.7. The Kier molecular flexibility index (Phi) is 5.28. The molecule has 5 heteroatoms. The zero-order chi connectivity index (χ0) is 18.7. The van der Waals surface area contributed by atoms with E-state index in [4.69, 9.17) is 0 Å². The third kappa shape index (κ3) is 3.44. The van der Waals surface area contributed by atoms with Gasteiger partial charge in [0.2, 0.25) is 5.91 Å². The van der Waals surface area contributed by atoms with Gasteiger partial charge in [0, 0.05) is 16.7 Å². The van der Waals surface area contributed by atoms with Crippen LogP contribution in [-0.4, -0.2) is 42.5 Å². The number of anilines is 1. The molecule has 0 fully saturated rings. The Morgan fingerprint density at radius 2 is 1.62 bits per heavy atom. The second-order valence-electron chi connectivity index (χ2n) is 6.57. The summed E-state index contributed by atoms with van der Waals surface area (Å²) in [6, 6.07) is 11.8. The predicted molar refractivity (Wildman–Crippen MR) is 101 cm³/mol. The summed E-state index contributed by atoms with van der Waals surface area (Å²) in [6.45, 7) is 3.18. The first-order valence-electron chi connectivity index (χ1n) is 8.82. The van der Waals surface area contributed by atoms with E-state index in [9.17, 15) is 14.4 Å². The highest BCUT2D eigenvalue weighted by molar-refractivity contribution is 6.30. The lowest BCUT2D eigenvalue weighted by molar-refractivity contribution is -0.117. The molecule has 26 heavy (non-hydrogen) atoms. The molecule has 0 heterocycles. The van der Waals surface area contributed by atoms with Crippen LogP contribution in [0.1, 0.15) is 51.6 Å². The SMILES string of the molecule is CCCCN(C)CC(=O)Nc1cccc2c1C(=O)c1ccccc1C2=O. The van der Waals surface area contributed by atoms with Gasteiger partial charge in [-0.25, -0.2) is 0 Å². The zero-order valence-corrected chi connectivity index (χ0v) is 15.0. The summed E-state index contributed by atoms with van der Waals surface area (Å²) >= 11 is 0. The van der Waals surface area contributed by atoms with E-state index in [1.165, 1.54) is 0 Å². The van der Waals surface area contributed by atoms with E-state index in [0.717, 1.165) is 19.4 Å². The first kappa shape index (κ1) is 18.0. The van der Waals surface area contributed by atoms with Crippen molar-refractivity contribution in [1.82, 2.24) is 4.90 Å². The van der Waals surface area contributed by atoms with Crippen LogP contribution in [0.15, 0.2) is 42.5 Å². The van der Waals surface area contributed by atoms with Gasteiger partial charge in [0.25, 0.3) is 0 Å². The summed E-state index contributed by atoms with van der Waals surface area (Å²) in [4.78, 5) is 39.9. The van der Waals surface area contributed by atoms with Crippen LogP contribution in [-0.2, 0) is 4.79 Å². The fraction of sp³-hybridized carbons (Fsp3) is 0.286. The van der Waals surface area contributed by atoms with E-state index in [0.29, 0.717) is 22.4 Å². The van der Waals surface area contributed by atoms with Crippen LogP contribution in [0.4, 0.5) is 5.69 Å². The minimum absolute atomic E-state index is 0.189. The number of amides is 1. The van der Waals surface area contributed by atoms with Crippen molar-refractivity contribution in [3.63, 3.8) is 0 Å². The second-order valence-corrected chi connectivity index (χ2v) is 6.57. The number of nitrogens with zero attached hydrogens (tertiary/aromatic N) is 1. The van der Waals surface area contributed by atoms with Crippen molar-refractivity contribution in [2.45, 2.75) is 19.8 Å². The molecule has 0 unspecified atom stereocenters. The molecule has 0 saturated heterocycles. The molecule has 0 bridgehead atoms. The largest absolute Gasteiger partial charge is 0.324 e. The quantitative estimate of drug-likeness (QED) is 0.742. The van der Waals surface area contributed by atoms with Gasteiger partial charge < -0.3 is 5.32 Å². The number of fused-ring (bicyclic) bond motifs is 2. The predicted octanol–water partition coefficient (Wildman–Crippen LogP) is 3.13. The highest BCUT2D eigenvalue weighted by Crippen LogP contribution is 2.31. The van der Waals surface area contributed by atoms with Gasteiger partial charge in [-0.3, -0.25) is 19.3 Å². The molecule has 1 N–H and O–H groups in total. The van der Waals surface area contributed by atoms with Gasteiger partial charge in [0.05, 0.1) is 17.8 Å². The van der Waals surface area contributed by atoms with Crippen LogP contribution in [0, 0.1) is 0 Å². The maximum atomic E-state index is 12.9. The fourth-order valence-corrected chi connectivity index (χ4v) is 3.19. The van der Waals surface area contributed by atoms with Gasteiger partial charge in [0.15, 0.2) is 11.6 Å². The van der Waals surface area contributed by atoms with Crippen LogP contribution in [0.2, 0.25) is 0 Å². The molecule has 1 aliphatic rings. The lowest BCUT2D eigenvalue weighted by Gasteiger charge is -2.21. The molecular weight excluding hydrogens is 328 g/mol. The third-order valence-electron chi connectivity index (χ3n) is 4.53. The molecular formula is C21H22N2O3. The number of ketones is 2. The van der Waals surface area contributed by atoms with Crippen LogP contribution in [0.3, 0.4) is 0 Å². The van der Waals surface area contributed by atoms with Crippen molar-refractivity contribution < 1.29 is 14.4 Å². The molecule has 3 rings (SSSR count). The Morgan fingerprint density at radius 1 is 0.962 bits per heavy atom. The van der Waals surface area contributed by atoms with Crippen molar-refractivity contribution in [3.8, 4) is 0 Å². The monoisotopic (exact) mass is 350 g/mol. The second kappa shape index (κ2) is 7.62. The number of rotatable bonds is 6. The van der Waals surface area contributed by atoms with Gasteiger partial charge in [-0.1, -0.05) is 49.7 Å². The Hall–Kier alpha value is -2.79. The van der Waals surface area contributed by atoms with Crippen LogP contribution < -0.4 is 5.32 Å². The Morgan fingerprint density at radius 3 is 2.31 bits per heavy atom. The fourth-order valence-electron chi connectivity index (χ4n) is 3.19. The van der Waals surface area contributed by atoms with E-state index >= 15 is 0 Å². The summed E-state index contributed by atoms with van der Waals surface area (Å²) in [7, 11) is 1.89. The van der Waals surface area contributed by atoms with Crippen molar-refractivity contribution in [2.75, 3.05) is 25.5 Å². The number of nitrogens with one attached hydrogen (secondary N) is 1. The molecule has 134 valence electrons. The highest BCUT2D eigenvalue weighted by atomic mass is 16.2. The molecule has 0 radical (unpaired) electrons. The van der Waals surface area contributed by atoms with E-state index in [2.05, 4.69) is 12.2 Å². The molecule has 2 aromatic rings. The minimum atomic E-state index is -0.231. The van der Waals surface area contributed by atoms with Gasteiger partial charge in [-0.15, -0.1) is 0 Å². The molecule has 2 aromatic carbocycles. The Labute approximate surface area is 153 Å². The van der Waals surface area contributed by atoms with Crippen LogP contribution in [0.25, 0.3) is 0 Å². The number of likely N-dealkylation sites (N-methyl/N-ethyl adjacent to an activating group) is 1. The number of carbonyl (C=O) groups is 3. The van der Waals surface area contributed by atoms with Crippen LogP contribution in [0.5, 0.6) is 0 Å². The lowest BCUT2D eigenvalue weighted by Crippen LogP contribution is -2.32. The first-order chi connectivity index (χ1) is 12.5. The number of hydrogen-bond donors (Lipinski definition) is 1. The Bertz CT molecular complexity index is 873. The van der Waals surface area contributed by atoms with Gasteiger partial charge >= 0.3 is 0 Å². The molecule has 0 spiro atoms. The smallest absolute Gasteiger partial charge is 0.238 e.